The molecule has 1 aromatic carbocycles. The second kappa shape index (κ2) is 3.85. The quantitative estimate of drug-likeness (QED) is 0.816. The fourth-order valence-electron chi connectivity index (χ4n) is 1.83. The van der Waals surface area contributed by atoms with E-state index >= 15 is 0 Å². The molecule has 1 aliphatic rings. The number of hydrogen-bond donors (Lipinski definition) is 1. The summed E-state index contributed by atoms with van der Waals surface area (Å²) < 4.78 is 5.58. The van der Waals surface area contributed by atoms with Crippen LogP contribution in [0.4, 0.5) is 0 Å². The molecule has 1 aromatic heterocycles. The molecule has 80 valence electrons. The molecule has 0 unspecified atom stereocenters. The number of aliphatic imine (C=N–C) groups is 1. The summed E-state index contributed by atoms with van der Waals surface area (Å²) in [6, 6.07) is 14.2. The summed E-state index contributed by atoms with van der Waals surface area (Å²) >= 11 is 0. The van der Waals surface area contributed by atoms with Crippen LogP contribution in [0, 0.1) is 0 Å². The Morgan fingerprint density at radius 3 is 2.75 bits per heavy atom. The molecular weight excluding hydrogens is 200 g/mol. The Hall–Kier alpha value is -2.03. The van der Waals surface area contributed by atoms with E-state index in [1.165, 1.54) is 5.56 Å². The fourth-order valence-corrected chi connectivity index (χ4v) is 1.83. The minimum atomic E-state index is 0.125. The van der Waals surface area contributed by atoms with E-state index in [1.807, 2.05) is 36.5 Å². The molecule has 3 heteroatoms. The normalized spacial score (nSPS) is 19.2. The van der Waals surface area contributed by atoms with E-state index < -0.39 is 0 Å². The molecule has 1 N–H and O–H groups in total. The Morgan fingerprint density at radius 1 is 1.12 bits per heavy atom. The van der Waals surface area contributed by atoms with E-state index in [4.69, 9.17) is 4.74 Å². The zero-order valence-corrected chi connectivity index (χ0v) is 8.76. The highest BCUT2D eigenvalue weighted by Gasteiger charge is 2.21. The van der Waals surface area contributed by atoms with Crippen LogP contribution in [0.25, 0.3) is 0 Å². The first-order valence-corrected chi connectivity index (χ1v) is 5.33. The van der Waals surface area contributed by atoms with Gasteiger partial charge in [-0.3, -0.25) is 0 Å². The fraction of sp³-hybridized carbons (Fsp3) is 0.154. The molecule has 0 aliphatic carbocycles. The van der Waals surface area contributed by atoms with Gasteiger partial charge in [-0.1, -0.05) is 30.3 Å². The molecule has 16 heavy (non-hydrogen) atoms. The van der Waals surface area contributed by atoms with Crippen molar-refractivity contribution < 1.29 is 4.74 Å². The molecule has 0 saturated heterocycles. The SMILES string of the molecule is c1ccc([C@@H]2COC(c3ccc[nH]3)=N2)cc1. The van der Waals surface area contributed by atoms with Gasteiger partial charge in [-0.25, -0.2) is 4.99 Å². The van der Waals surface area contributed by atoms with Crippen molar-refractivity contribution >= 4 is 5.90 Å². The minimum absolute atomic E-state index is 0.125. The molecule has 1 atom stereocenters. The average Bonchev–Trinajstić information content (AvgIpc) is 3.01. The molecule has 1 aliphatic heterocycles. The topological polar surface area (TPSA) is 37.4 Å². The van der Waals surface area contributed by atoms with Crippen molar-refractivity contribution in [1.29, 1.82) is 0 Å². The summed E-state index contributed by atoms with van der Waals surface area (Å²) in [6.45, 7) is 0.623. The molecule has 3 nitrogen and oxygen atoms in total. The van der Waals surface area contributed by atoms with E-state index in [9.17, 15) is 0 Å². The molecular formula is C13H12N2O. The number of ether oxygens (including phenoxy) is 1. The summed E-state index contributed by atoms with van der Waals surface area (Å²) in [4.78, 5) is 7.66. The smallest absolute Gasteiger partial charge is 0.233 e. The monoisotopic (exact) mass is 212 g/mol. The maximum absolute atomic E-state index is 5.58. The summed E-state index contributed by atoms with van der Waals surface area (Å²) in [7, 11) is 0. The second-order valence-electron chi connectivity index (χ2n) is 3.76. The largest absolute Gasteiger partial charge is 0.474 e. The predicted octanol–water partition coefficient (Wildman–Crippen LogP) is 2.53. The summed E-state index contributed by atoms with van der Waals surface area (Å²) in [6.07, 6.45) is 1.87. The van der Waals surface area contributed by atoms with E-state index in [1.54, 1.807) is 0 Å². The molecule has 0 radical (unpaired) electrons. The van der Waals surface area contributed by atoms with Gasteiger partial charge in [0.05, 0.1) is 0 Å². The van der Waals surface area contributed by atoms with Gasteiger partial charge in [0.1, 0.15) is 18.3 Å². The highest BCUT2D eigenvalue weighted by molar-refractivity contribution is 5.93. The van der Waals surface area contributed by atoms with Crippen LogP contribution < -0.4 is 0 Å². The van der Waals surface area contributed by atoms with E-state index in [-0.39, 0.29) is 6.04 Å². The highest BCUT2D eigenvalue weighted by atomic mass is 16.5. The predicted molar refractivity (Wildman–Crippen MR) is 62.5 cm³/mol. The van der Waals surface area contributed by atoms with Crippen LogP contribution in [-0.2, 0) is 4.74 Å². The molecule has 0 bridgehead atoms. The van der Waals surface area contributed by atoms with Crippen LogP contribution in [0.5, 0.6) is 0 Å². The van der Waals surface area contributed by atoms with Gasteiger partial charge >= 0.3 is 0 Å². The third-order valence-corrected chi connectivity index (χ3v) is 2.66. The van der Waals surface area contributed by atoms with Gasteiger partial charge in [0.2, 0.25) is 5.90 Å². The first kappa shape index (κ1) is 9.21. The van der Waals surface area contributed by atoms with E-state index in [0.29, 0.717) is 12.5 Å². The molecule has 0 saturated carbocycles. The van der Waals surface area contributed by atoms with E-state index in [2.05, 4.69) is 22.1 Å². The molecule has 3 rings (SSSR count). The zero-order chi connectivity index (χ0) is 10.8. The van der Waals surface area contributed by atoms with Crippen molar-refractivity contribution in [3.8, 4) is 0 Å². The lowest BCUT2D eigenvalue weighted by Gasteiger charge is -2.03. The Bertz CT molecular complexity index is 488. The van der Waals surface area contributed by atoms with Crippen molar-refractivity contribution in [2.24, 2.45) is 4.99 Å². The van der Waals surface area contributed by atoms with Crippen molar-refractivity contribution in [2.75, 3.05) is 6.61 Å². The number of nitrogens with one attached hydrogen (secondary N) is 1. The summed E-state index contributed by atoms with van der Waals surface area (Å²) in [5.41, 5.74) is 2.14. The van der Waals surface area contributed by atoms with Crippen molar-refractivity contribution in [3.05, 3.63) is 59.9 Å². The molecule has 2 aromatic rings. The summed E-state index contributed by atoms with van der Waals surface area (Å²) in [5.74, 6) is 0.707. The first-order chi connectivity index (χ1) is 7.93. The Morgan fingerprint density at radius 2 is 2.00 bits per heavy atom. The average molecular weight is 212 g/mol. The molecule has 0 fully saturated rings. The Labute approximate surface area is 93.8 Å². The molecule has 2 heterocycles. The lowest BCUT2D eigenvalue weighted by Crippen LogP contribution is -2.01. The third kappa shape index (κ3) is 1.60. The maximum atomic E-state index is 5.58. The maximum Gasteiger partial charge on any atom is 0.233 e. The standard InChI is InChI=1S/C13H12N2O/c1-2-5-10(6-3-1)12-9-16-13(15-12)11-7-4-8-14-11/h1-8,12,14H,9H2/t12-/m0/s1. The van der Waals surface area contributed by atoms with Crippen LogP contribution in [0.3, 0.4) is 0 Å². The van der Waals surface area contributed by atoms with Gasteiger partial charge in [0.15, 0.2) is 0 Å². The van der Waals surface area contributed by atoms with Crippen molar-refractivity contribution in [2.45, 2.75) is 6.04 Å². The van der Waals surface area contributed by atoms with Gasteiger partial charge in [-0.2, -0.15) is 0 Å². The van der Waals surface area contributed by atoms with Crippen molar-refractivity contribution in [3.63, 3.8) is 0 Å². The third-order valence-electron chi connectivity index (χ3n) is 2.66. The van der Waals surface area contributed by atoms with Gasteiger partial charge in [-0.05, 0) is 17.7 Å². The van der Waals surface area contributed by atoms with Crippen LogP contribution in [0.15, 0.2) is 53.7 Å². The van der Waals surface area contributed by atoms with Gasteiger partial charge in [0, 0.05) is 6.20 Å². The number of benzene rings is 1. The summed E-state index contributed by atoms with van der Waals surface area (Å²) in [5, 5.41) is 0. The number of H-pyrrole nitrogens is 1. The Kier molecular flexibility index (Phi) is 2.22. The zero-order valence-electron chi connectivity index (χ0n) is 8.76. The number of aromatic nitrogens is 1. The first-order valence-electron chi connectivity index (χ1n) is 5.33. The number of aromatic amines is 1. The lowest BCUT2D eigenvalue weighted by atomic mass is 10.1. The van der Waals surface area contributed by atoms with Crippen molar-refractivity contribution in [1.82, 2.24) is 4.98 Å². The number of nitrogens with zero attached hydrogens (tertiary/aromatic N) is 1. The minimum Gasteiger partial charge on any atom is -0.474 e. The van der Waals surface area contributed by atoms with Gasteiger partial charge in [-0.15, -0.1) is 0 Å². The lowest BCUT2D eigenvalue weighted by molar-refractivity contribution is 0.319. The van der Waals surface area contributed by atoms with Gasteiger partial charge < -0.3 is 9.72 Å². The Balaban J connectivity index is 1.87. The van der Waals surface area contributed by atoms with Crippen LogP contribution >= 0.6 is 0 Å². The highest BCUT2D eigenvalue weighted by Crippen LogP contribution is 2.24. The number of rotatable bonds is 2. The van der Waals surface area contributed by atoms with Crippen LogP contribution in [-0.4, -0.2) is 17.5 Å². The van der Waals surface area contributed by atoms with E-state index in [0.717, 1.165) is 5.69 Å². The van der Waals surface area contributed by atoms with Crippen LogP contribution in [0.2, 0.25) is 0 Å². The molecule has 0 amide bonds. The van der Waals surface area contributed by atoms with Gasteiger partial charge in [0.25, 0.3) is 0 Å². The second-order valence-corrected chi connectivity index (χ2v) is 3.76. The van der Waals surface area contributed by atoms with Crippen LogP contribution in [0.1, 0.15) is 17.3 Å². The molecule has 0 spiro atoms. The number of hydrogen-bond acceptors (Lipinski definition) is 2.